The summed E-state index contributed by atoms with van der Waals surface area (Å²) in [6.07, 6.45) is 4.37. The third kappa shape index (κ3) is 2.83. The van der Waals surface area contributed by atoms with E-state index in [-0.39, 0.29) is 6.04 Å². The topological polar surface area (TPSA) is 46.2 Å². The fourth-order valence-electron chi connectivity index (χ4n) is 1.65. The highest BCUT2D eigenvalue weighted by Crippen LogP contribution is 2.29. The molecule has 0 radical (unpaired) electrons. The molecule has 2 heteroatoms. The summed E-state index contributed by atoms with van der Waals surface area (Å²) in [5, 5.41) is 9.95. The van der Waals surface area contributed by atoms with E-state index in [1.807, 2.05) is 31.2 Å². The van der Waals surface area contributed by atoms with Crippen molar-refractivity contribution in [2.45, 2.75) is 32.2 Å². The Hall–Kier alpha value is -1.28. The normalized spacial score (nSPS) is 12.4. The van der Waals surface area contributed by atoms with Gasteiger partial charge < -0.3 is 10.8 Å². The van der Waals surface area contributed by atoms with Gasteiger partial charge in [-0.15, -0.1) is 6.58 Å². The maximum atomic E-state index is 9.95. The Morgan fingerprint density at radius 3 is 2.87 bits per heavy atom. The van der Waals surface area contributed by atoms with Crippen LogP contribution in [-0.2, 0) is 6.42 Å². The number of phenols is 1. The minimum absolute atomic E-state index is 0.102. The first-order valence-corrected chi connectivity index (χ1v) is 5.38. The zero-order valence-electron chi connectivity index (χ0n) is 9.24. The minimum atomic E-state index is -0.102. The number of nitrogens with two attached hydrogens (primary N) is 1. The summed E-state index contributed by atoms with van der Waals surface area (Å²) >= 11 is 0. The maximum Gasteiger partial charge on any atom is 0.123 e. The van der Waals surface area contributed by atoms with Crippen molar-refractivity contribution in [3.63, 3.8) is 0 Å². The zero-order chi connectivity index (χ0) is 11.3. The summed E-state index contributed by atoms with van der Waals surface area (Å²) in [5.74, 6) is 0.358. The molecule has 0 saturated carbocycles. The van der Waals surface area contributed by atoms with E-state index in [1.54, 1.807) is 0 Å². The average molecular weight is 205 g/mol. The minimum Gasteiger partial charge on any atom is -0.507 e. The molecule has 82 valence electrons. The highest BCUT2D eigenvalue weighted by Gasteiger charge is 2.11. The molecule has 0 heterocycles. The predicted octanol–water partition coefficient (Wildman–Crippen LogP) is 2.92. The number of allylic oxidation sites excluding steroid dienone is 1. The molecule has 15 heavy (non-hydrogen) atoms. The van der Waals surface area contributed by atoms with E-state index < -0.39 is 0 Å². The molecule has 0 fully saturated rings. The Balaban J connectivity index is 2.88. The first kappa shape index (κ1) is 11.8. The van der Waals surface area contributed by atoms with Crippen LogP contribution in [0.2, 0.25) is 0 Å². The number of aryl methyl sites for hydroxylation is 1. The van der Waals surface area contributed by atoms with Gasteiger partial charge in [0, 0.05) is 11.6 Å². The van der Waals surface area contributed by atoms with Crippen LogP contribution in [0, 0.1) is 0 Å². The van der Waals surface area contributed by atoms with E-state index in [0.29, 0.717) is 5.75 Å². The number of rotatable bonds is 5. The first-order valence-electron chi connectivity index (χ1n) is 5.38. The monoisotopic (exact) mass is 205 g/mol. The fraction of sp³-hybridized carbons (Fsp3) is 0.385. The van der Waals surface area contributed by atoms with Crippen LogP contribution in [-0.4, -0.2) is 5.11 Å². The molecule has 0 unspecified atom stereocenters. The van der Waals surface area contributed by atoms with Crippen molar-refractivity contribution in [3.8, 4) is 5.75 Å². The second kappa shape index (κ2) is 5.56. The van der Waals surface area contributed by atoms with Crippen molar-refractivity contribution in [3.05, 3.63) is 42.0 Å². The Morgan fingerprint density at radius 2 is 2.27 bits per heavy atom. The molecule has 0 bridgehead atoms. The van der Waals surface area contributed by atoms with Crippen molar-refractivity contribution < 1.29 is 5.11 Å². The van der Waals surface area contributed by atoms with E-state index in [1.165, 1.54) is 0 Å². The standard InChI is InChI=1S/C13H19NO/c1-3-5-9-12(14)11-8-6-7-10(4-2)13(11)15/h3,6-8,12,15H,1,4-5,9,14H2,2H3/t12-/m0/s1. The van der Waals surface area contributed by atoms with E-state index in [0.717, 1.165) is 30.4 Å². The van der Waals surface area contributed by atoms with Crippen molar-refractivity contribution in [1.82, 2.24) is 0 Å². The lowest BCUT2D eigenvalue weighted by Gasteiger charge is -2.14. The molecule has 1 aromatic carbocycles. The van der Waals surface area contributed by atoms with Gasteiger partial charge in [-0.1, -0.05) is 31.2 Å². The molecule has 0 amide bonds. The Morgan fingerprint density at radius 1 is 1.53 bits per heavy atom. The van der Waals surface area contributed by atoms with Crippen LogP contribution in [0.15, 0.2) is 30.9 Å². The molecular weight excluding hydrogens is 186 g/mol. The number of aromatic hydroxyl groups is 1. The number of para-hydroxylation sites is 1. The first-order chi connectivity index (χ1) is 7.20. The molecule has 1 aromatic rings. The molecule has 0 saturated heterocycles. The summed E-state index contributed by atoms with van der Waals surface area (Å²) in [6.45, 7) is 5.69. The van der Waals surface area contributed by atoms with Crippen molar-refractivity contribution in [2.24, 2.45) is 5.73 Å². The van der Waals surface area contributed by atoms with Gasteiger partial charge in [-0.3, -0.25) is 0 Å². The lowest BCUT2D eigenvalue weighted by atomic mass is 9.98. The molecule has 0 aliphatic carbocycles. The number of hydrogen-bond donors (Lipinski definition) is 2. The molecule has 2 nitrogen and oxygen atoms in total. The van der Waals surface area contributed by atoms with Gasteiger partial charge in [-0.05, 0) is 24.8 Å². The summed E-state index contributed by atoms with van der Waals surface area (Å²) < 4.78 is 0. The van der Waals surface area contributed by atoms with Gasteiger partial charge >= 0.3 is 0 Å². The number of benzene rings is 1. The highest BCUT2D eigenvalue weighted by molar-refractivity contribution is 5.42. The predicted molar refractivity (Wildman–Crippen MR) is 63.8 cm³/mol. The van der Waals surface area contributed by atoms with Crippen molar-refractivity contribution in [2.75, 3.05) is 0 Å². The second-order valence-electron chi connectivity index (χ2n) is 3.68. The highest BCUT2D eigenvalue weighted by atomic mass is 16.3. The molecule has 0 spiro atoms. The summed E-state index contributed by atoms with van der Waals surface area (Å²) in [4.78, 5) is 0. The largest absolute Gasteiger partial charge is 0.507 e. The average Bonchev–Trinajstić information content (AvgIpc) is 2.26. The summed E-state index contributed by atoms with van der Waals surface area (Å²) in [7, 11) is 0. The number of hydrogen-bond acceptors (Lipinski definition) is 2. The number of phenolic OH excluding ortho intramolecular Hbond substituents is 1. The van der Waals surface area contributed by atoms with Crippen LogP contribution in [0.1, 0.15) is 36.9 Å². The van der Waals surface area contributed by atoms with E-state index in [4.69, 9.17) is 5.73 Å². The van der Waals surface area contributed by atoms with Crippen LogP contribution >= 0.6 is 0 Å². The van der Waals surface area contributed by atoms with Crippen LogP contribution in [0.3, 0.4) is 0 Å². The van der Waals surface area contributed by atoms with Gasteiger partial charge in [-0.2, -0.15) is 0 Å². The Labute approximate surface area is 91.4 Å². The third-order valence-electron chi connectivity index (χ3n) is 2.61. The Kier molecular flexibility index (Phi) is 4.37. The van der Waals surface area contributed by atoms with Gasteiger partial charge in [0.2, 0.25) is 0 Å². The lowest BCUT2D eigenvalue weighted by Crippen LogP contribution is -2.10. The van der Waals surface area contributed by atoms with Gasteiger partial charge in [0.1, 0.15) is 5.75 Å². The maximum absolute atomic E-state index is 9.95. The molecular formula is C13H19NO. The third-order valence-corrected chi connectivity index (χ3v) is 2.61. The van der Waals surface area contributed by atoms with Crippen molar-refractivity contribution in [1.29, 1.82) is 0 Å². The molecule has 1 rings (SSSR count). The molecule has 0 aliphatic heterocycles. The van der Waals surface area contributed by atoms with Crippen LogP contribution in [0.25, 0.3) is 0 Å². The summed E-state index contributed by atoms with van der Waals surface area (Å²) in [5.41, 5.74) is 7.80. The molecule has 0 aromatic heterocycles. The molecule has 0 aliphatic rings. The van der Waals surface area contributed by atoms with Crippen molar-refractivity contribution >= 4 is 0 Å². The van der Waals surface area contributed by atoms with Crippen LogP contribution < -0.4 is 5.73 Å². The Bertz CT molecular complexity index is 333. The smallest absolute Gasteiger partial charge is 0.123 e. The SMILES string of the molecule is C=CCC[C@H](N)c1cccc(CC)c1O. The summed E-state index contributed by atoms with van der Waals surface area (Å²) in [6, 6.07) is 5.66. The van der Waals surface area contributed by atoms with Crippen LogP contribution in [0.5, 0.6) is 5.75 Å². The lowest BCUT2D eigenvalue weighted by molar-refractivity contribution is 0.452. The van der Waals surface area contributed by atoms with E-state index >= 15 is 0 Å². The van der Waals surface area contributed by atoms with Gasteiger partial charge in [-0.25, -0.2) is 0 Å². The zero-order valence-corrected chi connectivity index (χ0v) is 9.24. The second-order valence-corrected chi connectivity index (χ2v) is 3.68. The van der Waals surface area contributed by atoms with E-state index in [9.17, 15) is 5.11 Å². The fourth-order valence-corrected chi connectivity index (χ4v) is 1.65. The van der Waals surface area contributed by atoms with E-state index in [2.05, 4.69) is 6.58 Å². The molecule has 3 N–H and O–H groups in total. The molecule has 1 atom stereocenters. The van der Waals surface area contributed by atoms with Gasteiger partial charge in [0.05, 0.1) is 0 Å². The van der Waals surface area contributed by atoms with Gasteiger partial charge in [0.15, 0.2) is 0 Å². The van der Waals surface area contributed by atoms with Gasteiger partial charge in [0.25, 0.3) is 0 Å². The van der Waals surface area contributed by atoms with Crippen LogP contribution in [0.4, 0.5) is 0 Å². The quantitative estimate of drug-likeness (QED) is 0.726.